The first kappa shape index (κ1) is 56.6. The van der Waals surface area contributed by atoms with Gasteiger partial charge in [-0.1, -0.05) is 215 Å². The molecule has 1 atom stereocenters. The fourth-order valence-electron chi connectivity index (χ4n) is 6.58. The zero-order valence-corrected chi connectivity index (χ0v) is 38.9. The van der Waals surface area contributed by atoms with Crippen molar-refractivity contribution >= 4 is 17.9 Å². The van der Waals surface area contributed by atoms with Crippen LogP contribution >= 0.6 is 0 Å². The molecule has 0 rings (SSSR count). The molecule has 0 bridgehead atoms. The lowest BCUT2D eigenvalue weighted by Crippen LogP contribution is -2.30. The molecule has 0 aliphatic rings. The molecule has 0 aliphatic heterocycles. The first-order valence-electron chi connectivity index (χ1n) is 24.6. The van der Waals surface area contributed by atoms with Crippen molar-refractivity contribution in [2.24, 2.45) is 0 Å². The fraction of sp³-hybridized carbons (Fsp3) is 0.685. The summed E-state index contributed by atoms with van der Waals surface area (Å²) in [6, 6.07) is 0. The SMILES string of the molecule is CC\C=C/C=C\C=C/C=C\CCCCCC(=O)OC(COC(=O)CCCCCCCC/C=C\C/C=C\C/C=C\CC)COC(=O)CCCCCCCCCCCCCCC. The van der Waals surface area contributed by atoms with Crippen molar-refractivity contribution in [2.45, 2.75) is 226 Å². The molecule has 0 amide bonds. The highest BCUT2D eigenvalue weighted by Gasteiger charge is 2.19. The maximum atomic E-state index is 12.7. The van der Waals surface area contributed by atoms with Gasteiger partial charge in [-0.3, -0.25) is 14.4 Å². The van der Waals surface area contributed by atoms with E-state index in [1.54, 1.807) is 0 Å². The van der Waals surface area contributed by atoms with E-state index in [4.69, 9.17) is 14.2 Å². The highest BCUT2D eigenvalue weighted by Crippen LogP contribution is 2.14. The Morgan fingerprint density at radius 3 is 1.23 bits per heavy atom. The fourth-order valence-corrected chi connectivity index (χ4v) is 6.58. The number of carbonyl (C=O) groups excluding carboxylic acids is 3. The molecule has 0 aromatic rings. The van der Waals surface area contributed by atoms with Crippen LogP contribution in [-0.4, -0.2) is 37.2 Å². The van der Waals surface area contributed by atoms with Crippen LogP contribution in [0.4, 0.5) is 0 Å². The molecule has 0 aliphatic carbocycles. The van der Waals surface area contributed by atoms with Crippen LogP contribution in [0.25, 0.3) is 0 Å². The number of hydrogen-bond donors (Lipinski definition) is 0. The van der Waals surface area contributed by atoms with E-state index in [0.29, 0.717) is 19.3 Å². The van der Waals surface area contributed by atoms with E-state index in [9.17, 15) is 14.4 Å². The van der Waals surface area contributed by atoms with Crippen LogP contribution in [0.1, 0.15) is 220 Å². The molecule has 1 unspecified atom stereocenters. The Morgan fingerprint density at radius 2 is 0.733 bits per heavy atom. The lowest BCUT2D eigenvalue weighted by Gasteiger charge is -2.18. The highest BCUT2D eigenvalue weighted by atomic mass is 16.6. The van der Waals surface area contributed by atoms with Gasteiger partial charge in [0.25, 0.3) is 0 Å². The molecule has 6 heteroatoms. The summed E-state index contributed by atoms with van der Waals surface area (Å²) in [6.07, 6.45) is 61.3. The van der Waals surface area contributed by atoms with Crippen molar-refractivity contribution in [3.05, 3.63) is 85.1 Å². The van der Waals surface area contributed by atoms with Gasteiger partial charge in [0.15, 0.2) is 6.10 Å². The van der Waals surface area contributed by atoms with Gasteiger partial charge in [0.1, 0.15) is 13.2 Å². The third-order valence-corrected chi connectivity index (χ3v) is 10.2. The quantitative estimate of drug-likeness (QED) is 0.0200. The minimum atomic E-state index is -0.800. The van der Waals surface area contributed by atoms with Gasteiger partial charge in [-0.05, 0) is 70.6 Å². The van der Waals surface area contributed by atoms with Crippen LogP contribution < -0.4 is 0 Å². The second kappa shape index (κ2) is 48.3. The van der Waals surface area contributed by atoms with Crippen LogP contribution in [0.3, 0.4) is 0 Å². The van der Waals surface area contributed by atoms with Crippen molar-refractivity contribution in [3.8, 4) is 0 Å². The summed E-state index contributed by atoms with van der Waals surface area (Å²) >= 11 is 0. The van der Waals surface area contributed by atoms with Gasteiger partial charge in [0.2, 0.25) is 0 Å². The monoisotopic (exact) mass is 835 g/mol. The molecule has 0 radical (unpaired) electrons. The van der Waals surface area contributed by atoms with Crippen molar-refractivity contribution < 1.29 is 28.6 Å². The van der Waals surface area contributed by atoms with Gasteiger partial charge in [-0.15, -0.1) is 0 Å². The van der Waals surface area contributed by atoms with Gasteiger partial charge in [-0.2, -0.15) is 0 Å². The number of ether oxygens (including phenoxy) is 3. The van der Waals surface area contributed by atoms with Gasteiger partial charge < -0.3 is 14.2 Å². The average molecular weight is 835 g/mol. The van der Waals surface area contributed by atoms with Crippen LogP contribution in [0.2, 0.25) is 0 Å². The molecule has 0 aromatic heterocycles. The van der Waals surface area contributed by atoms with E-state index in [0.717, 1.165) is 89.9 Å². The third kappa shape index (κ3) is 45.7. The number of unbranched alkanes of at least 4 members (excludes halogenated alkanes) is 21. The van der Waals surface area contributed by atoms with Crippen LogP contribution in [0.15, 0.2) is 85.1 Å². The predicted molar refractivity (Wildman–Crippen MR) is 256 cm³/mol. The highest BCUT2D eigenvalue weighted by molar-refractivity contribution is 5.71. The van der Waals surface area contributed by atoms with Crippen LogP contribution in [0.5, 0.6) is 0 Å². The van der Waals surface area contributed by atoms with Crippen molar-refractivity contribution in [3.63, 3.8) is 0 Å². The summed E-state index contributed by atoms with van der Waals surface area (Å²) in [7, 11) is 0. The second-order valence-corrected chi connectivity index (χ2v) is 16.1. The van der Waals surface area contributed by atoms with Crippen molar-refractivity contribution in [1.29, 1.82) is 0 Å². The normalized spacial score (nSPS) is 12.8. The first-order valence-corrected chi connectivity index (χ1v) is 24.6. The van der Waals surface area contributed by atoms with Crippen molar-refractivity contribution in [1.82, 2.24) is 0 Å². The smallest absolute Gasteiger partial charge is 0.306 e. The van der Waals surface area contributed by atoms with E-state index < -0.39 is 6.10 Å². The van der Waals surface area contributed by atoms with E-state index in [-0.39, 0.29) is 37.5 Å². The Morgan fingerprint density at radius 1 is 0.367 bits per heavy atom. The predicted octanol–water partition coefficient (Wildman–Crippen LogP) is 16.0. The summed E-state index contributed by atoms with van der Waals surface area (Å²) in [5, 5.41) is 0. The summed E-state index contributed by atoms with van der Waals surface area (Å²) in [4.78, 5) is 37.9. The lowest BCUT2D eigenvalue weighted by molar-refractivity contribution is -0.167. The standard InChI is InChI=1S/C54H90O6/c1-4-7-10-13-16-19-22-25-26-27-30-32-35-38-41-44-47-53(56)59-50-51(60-54(57)48-45-42-39-36-33-29-24-21-18-15-12-9-6-3)49-58-52(55)46-43-40-37-34-31-28-23-20-17-14-11-8-5-2/h7,9-10,12,15-16,18-19,21,24-26,29,33,51H,4-6,8,11,13-14,17,20,22-23,27-28,30-32,34-50H2,1-3H3/b10-7-,12-9-,18-15-,19-16-,24-21-,26-25-,33-29-. The van der Waals surface area contributed by atoms with Gasteiger partial charge in [-0.25, -0.2) is 0 Å². The molecule has 342 valence electrons. The van der Waals surface area contributed by atoms with E-state index in [2.05, 4.69) is 69.4 Å². The van der Waals surface area contributed by atoms with Gasteiger partial charge in [0.05, 0.1) is 0 Å². The summed E-state index contributed by atoms with van der Waals surface area (Å²) in [5.41, 5.74) is 0. The van der Waals surface area contributed by atoms with Crippen LogP contribution in [0, 0.1) is 0 Å². The Kier molecular flexibility index (Phi) is 45.5. The third-order valence-electron chi connectivity index (χ3n) is 10.2. The van der Waals surface area contributed by atoms with Gasteiger partial charge >= 0.3 is 17.9 Å². The topological polar surface area (TPSA) is 78.9 Å². The Balaban J connectivity index is 4.45. The molecule has 0 saturated heterocycles. The molecule has 0 fully saturated rings. The largest absolute Gasteiger partial charge is 0.462 e. The molecular formula is C54H90O6. The van der Waals surface area contributed by atoms with Gasteiger partial charge in [0, 0.05) is 19.3 Å². The molecule has 0 heterocycles. The molecule has 0 saturated carbocycles. The Hall–Kier alpha value is -3.41. The summed E-state index contributed by atoms with van der Waals surface area (Å²) in [6.45, 7) is 6.33. The Bertz CT molecular complexity index is 1190. The molecule has 0 N–H and O–H groups in total. The summed E-state index contributed by atoms with van der Waals surface area (Å²) in [5.74, 6) is -0.951. The zero-order valence-electron chi connectivity index (χ0n) is 38.9. The summed E-state index contributed by atoms with van der Waals surface area (Å²) < 4.78 is 16.7. The van der Waals surface area contributed by atoms with Crippen molar-refractivity contribution in [2.75, 3.05) is 13.2 Å². The van der Waals surface area contributed by atoms with E-state index in [1.807, 2.05) is 36.5 Å². The molecule has 60 heavy (non-hydrogen) atoms. The zero-order chi connectivity index (χ0) is 43.7. The average Bonchev–Trinajstić information content (AvgIpc) is 3.24. The lowest BCUT2D eigenvalue weighted by atomic mass is 10.0. The van der Waals surface area contributed by atoms with Crippen LogP contribution in [-0.2, 0) is 28.6 Å². The van der Waals surface area contributed by atoms with E-state index in [1.165, 1.54) is 83.5 Å². The number of carbonyl (C=O) groups is 3. The van der Waals surface area contributed by atoms with E-state index >= 15 is 0 Å². The molecule has 6 nitrogen and oxygen atoms in total. The maximum absolute atomic E-state index is 12.7. The first-order chi connectivity index (χ1) is 29.5. The number of allylic oxidation sites excluding steroid dienone is 14. The molecule has 0 aromatic carbocycles. The maximum Gasteiger partial charge on any atom is 0.306 e. The minimum Gasteiger partial charge on any atom is -0.462 e. The second-order valence-electron chi connectivity index (χ2n) is 16.1. The minimum absolute atomic E-state index is 0.0960. The Labute approximate surface area is 369 Å². The molecular weight excluding hydrogens is 745 g/mol. The number of esters is 3. The number of rotatable bonds is 43. The molecule has 0 spiro atoms. The number of hydrogen-bond acceptors (Lipinski definition) is 6.